The van der Waals surface area contributed by atoms with Gasteiger partial charge >= 0.3 is 0 Å². The van der Waals surface area contributed by atoms with E-state index in [-0.39, 0.29) is 6.61 Å². The summed E-state index contributed by atoms with van der Waals surface area (Å²) in [6, 6.07) is 0. The van der Waals surface area contributed by atoms with E-state index >= 15 is 0 Å². The minimum absolute atomic E-state index is 0.388. The maximum absolute atomic E-state index is 12.5. The second-order valence-corrected chi connectivity index (χ2v) is 10.0. The Morgan fingerprint density at radius 2 is 1.03 bits per heavy atom. The number of aliphatic hydroxyl groups is 3. The van der Waals surface area contributed by atoms with Crippen LogP contribution < -0.4 is 5.73 Å². The molecule has 0 saturated heterocycles. The molecule has 0 spiro atoms. The molecule has 0 fully saturated rings. The van der Waals surface area contributed by atoms with E-state index in [1.54, 1.807) is 0 Å². The van der Waals surface area contributed by atoms with Gasteiger partial charge in [-0.25, -0.2) is 0 Å². The number of unbranched alkanes of at least 4 members (excludes halogenated alkanes) is 17. The van der Waals surface area contributed by atoms with Crippen LogP contribution in [0.3, 0.4) is 0 Å². The van der Waals surface area contributed by atoms with E-state index in [2.05, 4.69) is 6.92 Å². The van der Waals surface area contributed by atoms with Crippen molar-refractivity contribution >= 4 is 5.78 Å². The highest BCUT2D eigenvalue weighted by atomic mass is 16.3. The standard InChI is InChI=1S/C28H57NO4/c1-2-3-4-5-15-19-22-27(32)28(33)25(24-30)26(31)21-18-16-13-11-9-7-6-8-10-12-14-17-20-23-29/h25-27,30-32H,2-24,29H2,1H3/t25-,26+,27?/m0/s1. The average Bonchev–Trinajstić information content (AvgIpc) is 2.81. The van der Waals surface area contributed by atoms with Gasteiger partial charge in [0.1, 0.15) is 6.10 Å². The summed E-state index contributed by atoms with van der Waals surface area (Å²) in [5.74, 6) is -1.24. The van der Waals surface area contributed by atoms with Gasteiger partial charge in [0.2, 0.25) is 0 Å². The lowest BCUT2D eigenvalue weighted by atomic mass is 9.89. The number of aliphatic hydroxyl groups excluding tert-OH is 3. The van der Waals surface area contributed by atoms with Crippen LogP contribution >= 0.6 is 0 Å². The van der Waals surface area contributed by atoms with Crippen molar-refractivity contribution in [1.29, 1.82) is 0 Å². The summed E-state index contributed by atoms with van der Waals surface area (Å²) in [6.07, 6.45) is 21.7. The number of carbonyl (C=O) groups is 1. The van der Waals surface area contributed by atoms with Crippen molar-refractivity contribution in [2.24, 2.45) is 11.7 Å². The number of nitrogens with two attached hydrogens (primary N) is 1. The second-order valence-electron chi connectivity index (χ2n) is 10.0. The van der Waals surface area contributed by atoms with E-state index in [0.717, 1.165) is 51.5 Å². The van der Waals surface area contributed by atoms with Crippen LogP contribution in [0, 0.1) is 5.92 Å². The van der Waals surface area contributed by atoms with Crippen LogP contribution in [0.1, 0.15) is 142 Å². The van der Waals surface area contributed by atoms with E-state index in [1.165, 1.54) is 77.0 Å². The fourth-order valence-corrected chi connectivity index (χ4v) is 4.55. The van der Waals surface area contributed by atoms with E-state index in [0.29, 0.717) is 12.8 Å². The first-order valence-electron chi connectivity index (χ1n) is 14.3. The molecule has 0 aromatic heterocycles. The maximum Gasteiger partial charge on any atom is 0.169 e. The van der Waals surface area contributed by atoms with Gasteiger partial charge in [0, 0.05) is 0 Å². The first kappa shape index (κ1) is 32.5. The van der Waals surface area contributed by atoms with Crippen molar-refractivity contribution in [2.75, 3.05) is 13.2 Å². The molecule has 0 radical (unpaired) electrons. The molecular weight excluding hydrogens is 414 g/mol. The molecule has 0 bridgehead atoms. The van der Waals surface area contributed by atoms with Crippen LogP contribution in [-0.4, -0.2) is 46.5 Å². The predicted octanol–water partition coefficient (Wildman–Crippen LogP) is 6.06. The smallest absolute Gasteiger partial charge is 0.169 e. The quantitative estimate of drug-likeness (QED) is 0.115. The first-order chi connectivity index (χ1) is 16.1. The SMILES string of the molecule is CCCCCCCCC(O)C(=O)[C@@H](CO)[C@H](O)CCCCCCCCCCCCCCCN. The van der Waals surface area contributed by atoms with Crippen molar-refractivity contribution in [3.05, 3.63) is 0 Å². The van der Waals surface area contributed by atoms with Gasteiger partial charge in [-0.05, 0) is 25.8 Å². The van der Waals surface area contributed by atoms with E-state index < -0.39 is 23.9 Å². The van der Waals surface area contributed by atoms with Gasteiger partial charge in [-0.1, -0.05) is 122 Å². The van der Waals surface area contributed by atoms with Crippen LogP contribution in [0.2, 0.25) is 0 Å². The van der Waals surface area contributed by atoms with E-state index in [4.69, 9.17) is 5.73 Å². The number of hydrogen-bond donors (Lipinski definition) is 4. The number of hydrogen-bond acceptors (Lipinski definition) is 5. The van der Waals surface area contributed by atoms with Gasteiger partial charge in [-0.2, -0.15) is 0 Å². The monoisotopic (exact) mass is 471 g/mol. The fourth-order valence-electron chi connectivity index (χ4n) is 4.55. The molecule has 1 unspecified atom stereocenters. The minimum Gasteiger partial charge on any atom is -0.396 e. The van der Waals surface area contributed by atoms with Crippen LogP contribution in [0.15, 0.2) is 0 Å². The molecule has 0 saturated carbocycles. The Morgan fingerprint density at radius 1 is 0.636 bits per heavy atom. The number of ketones is 1. The third-order valence-corrected chi connectivity index (χ3v) is 6.89. The van der Waals surface area contributed by atoms with Gasteiger partial charge in [0.05, 0.1) is 18.6 Å². The zero-order valence-corrected chi connectivity index (χ0v) is 21.8. The van der Waals surface area contributed by atoms with E-state index in [1.807, 2.05) is 0 Å². The molecule has 0 aliphatic heterocycles. The Kier molecular flexibility index (Phi) is 24.3. The molecule has 0 amide bonds. The molecule has 0 rings (SSSR count). The third kappa shape index (κ3) is 19.5. The average molecular weight is 472 g/mol. The maximum atomic E-state index is 12.5. The molecule has 0 aromatic carbocycles. The van der Waals surface area contributed by atoms with Gasteiger partial charge in [0.15, 0.2) is 5.78 Å². The first-order valence-corrected chi connectivity index (χ1v) is 14.3. The summed E-state index contributed by atoms with van der Waals surface area (Å²) in [6.45, 7) is 2.61. The lowest BCUT2D eigenvalue weighted by Crippen LogP contribution is -2.38. The summed E-state index contributed by atoms with van der Waals surface area (Å²) in [7, 11) is 0. The molecule has 0 aliphatic rings. The van der Waals surface area contributed by atoms with Gasteiger partial charge in [-0.3, -0.25) is 4.79 Å². The minimum atomic E-state index is -1.06. The Balaban J connectivity index is 3.71. The number of carbonyl (C=O) groups excluding carboxylic acids is 1. The molecular formula is C28H57NO4. The summed E-state index contributed by atoms with van der Waals surface area (Å²) >= 11 is 0. The summed E-state index contributed by atoms with van der Waals surface area (Å²) in [5.41, 5.74) is 5.51. The summed E-state index contributed by atoms with van der Waals surface area (Å²) < 4.78 is 0. The Labute approximate surface area is 204 Å². The molecule has 0 aliphatic carbocycles. The topological polar surface area (TPSA) is 104 Å². The van der Waals surface area contributed by atoms with Crippen molar-refractivity contribution in [3.63, 3.8) is 0 Å². The summed E-state index contributed by atoms with van der Waals surface area (Å²) in [5, 5.41) is 30.2. The molecule has 5 N–H and O–H groups in total. The van der Waals surface area contributed by atoms with E-state index in [9.17, 15) is 20.1 Å². The van der Waals surface area contributed by atoms with Crippen molar-refractivity contribution in [2.45, 2.75) is 154 Å². The molecule has 0 heterocycles. The van der Waals surface area contributed by atoms with Crippen LogP contribution in [0.5, 0.6) is 0 Å². The molecule has 198 valence electrons. The second kappa shape index (κ2) is 24.6. The number of rotatable bonds is 26. The normalized spacial score (nSPS) is 14.3. The fraction of sp³-hybridized carbons (Fsp3) is 0.964. The Morgan fingerprint density at radius 3 is 1.45 bits per heavy atom. The van der Waals surface area contributed by atoms with Gasteiger partial charge < -0.3 is 21.1 Å². The van der Waals surface area contributed by atoms with Crippen LogP contribution in [0.25, 0.3) is 0 Å². The van der Waals surface area contributed by atoms with Crippen LogP contribution in [0.4, 0.5) is 0 Å². The third-order valence-electron chi connectivity index (χ3n) is 6.89. The Bertz CT molecular complexity index is 419. The highest BCUT2D eigenvalue weighted by molar-refractivity contribution is 5.85. The Hall–Kier alpha value is -0.490. The van der Waals surface area contributed by atoms with Crippen molar-refractivity contribution in [3.8, 4) is 0 Å². The highest BCUT2D eigenvalue weighted by Gasteiger charge is 2.30. The largest absolute Gasteiger partial charge is 0.396 e. The molecule has 0 aromatic rings. The lowest BCUT2D eigenvalue weighted by Gasteiger charge is -2.22. The number of Topliss-reactive ketones (excluding diaryl/α,β-unsaturated/α-hetero) is 1. The highest BCUT2D eigenvalue weighted by Crippen LogP contribution is 2.19. The lowest BCUT2D eigenvalue weighted by molar-refractivity contribution is -0.137. The zero-order chi connectivity index (χ0) is 24.6. The zero-order valence-electron chi connectivity index (χ0n) is 21.8. The van der Waals surface area contributed by atoms with Crippen molar-refractivity contribution in [1.82, 2.24) is 0 Å². The summed E-state index contributed by atoms with van der Waals surface area (Å²) in [4.78, 5) is 12.5. The molecule has 5 heteroatoms. The predicted molar refractivity (Wildman–Crippen MR) is 139 cm³/mol. The van der Waals surface area contributed by atoms with Gasteiger partial charge in [0.25, 0.3) is 0 Å². The molecule has 33 heavy (non-hydrogen) atoms. The van der Waals surface area contributed by atoms with Crippen LogP contribution in [-0.2, 0) is 4.79 Å². The molecule has 3 atom stereocenters. The van der Waals surface area contributed by atoms with Gasteiger partial charge in [-0.15, -0.1) is 0 Å². The molecule has 5 nitrogen and oxygen atoms in total. The van der Waals surface area contributed by atoms with Crippen molar-refractivity contribution < 1.29 is 20.1 Å².